The van der Waals surface area contributed by atoms with E-state index in [2.05, 4.69) is 43.2 Å². The molecule has 2 N–H and O–H groups in total. The molecule has 14 heavy (non-hydrogen) atoms. The van der Waals surface area contributed by atoms with Gasteiger partial charge in [-0.2, -0.15) is 5.10 Å². The van der Waals surface area contributed by atoms with E-state index >= 15 is 0 Å². The molecule has 1 rings (SSSR count). The average molecular weight is 195 g/mol. The van der Waals surface area contributed by atoms with Gasteiger partial charge in [0.15, 0.2) is 0 Å². The Morgan fingerprint density at radius 2 is 2.00 bits per heavy atom. The SMILES string of the molecule is CCC(Nc1c(C)n[nH]c1C)C(C)C. The van der Waals surface area contributed by atoms with Crippen molar-refractivity contribution in [1.82, 2.24) is 10.2 Å². The van der Waals surface area contributed by atoms with Gasteiger partial charge in [0.2, 0.25) is 0 Å². The van der Waals surface area contributed by atoms with Crippen molar-refractivity contribution < 1.29 is 0 Å². The summed E-state index contributed by atoms with van der Waals surface area (Å²) in [5.41, 5.74) is 3.36. The third-order valence-electron chi connectivity index (χ3n) is 2.70. The van der Waals surface area contributed by atoms with Crippen LogP contribution in [0.1, 0.15) is 38.6 Å². The zero-order valence-electron chi connectivity index (χ0n) is 9.81. The van der Waals surface area contributed by atoms with Gasteiger partial charge in [-0.3, -0.25) is 5.10 Å². The molecule has 0 spiro atoms. The largest absolute Gasteiger partial charge is 0.379 e. The smallest absolute Gasteiger partial charge is 0.0825 e. The quantitative estimate of drug-likeness (QED) is 0.775. The standard InChI is InChI=1S/C11H21N3/c1-6-10(7(2)3)12-11-8(4)13-14-9(11)5/h7,10,12H,6H2,1-5H3,(H,13,14). The van der Waals surface area contributed by atoms with Crippen LogP contribution in [0.2, 0.25) is 0 Å². The van der Waals surface area contributed by atoms with Crippen LogP contribution in [0.5, 0.6) is 0 Å². The van der Waals surface area contributed by atoms with E-state index < -0.39 is 0 Å². The van der Waals surface area contributed by atoms with E-state index in [9.17, 15) is 0 Å². The second-order valence-corrected chi connectivity index (χ2v) is 4.21. The number of aromatic nitrogens is 2. The van der Waals surface area contributed by atoms with Crippen LogP contribution in [-0.4, -0.2) is 16.2 Å². The minimum Gasteiger partial charge on any atom is -0.379 e. The molecule has 1 unspecified atom stereocenters. The number of hydrogen-bond acceptors (Lipinski definition) is 2. The fourth-order valence-corrected chi connectivity index (χ4v) is 1.69. The molecule has 0 aliphatic heterocycles. The molecule has 0 amide bonds. The molecule has 0 aliphatic carbocycles. The van der Waals surface area contributed by atoms with Gasteiger partial charge < -0.3 is 5.32 Å². The molecule has 0 aliphatic rings. The predicted molar refractivity (Wildman–Crippen MR) is 60.6 cm³/mol. The normalized spacial score (nSPS) is 13.3. The summed E-state index contributed by atoms with van der Waals surface area (Å²) >= 11 is 0. The lowest BCUT2D eigenvalue weighted by Crippen LogP contribution is -2.25. The minimum atomic E-state index is 0.532. The molecule has 1 aromatic heterocycles. The second-order valence-electron chi connectivity index (χ2n) is 4.21. The van der Waals surface area contributed by atoms with Crippen LogP contribution < -0.4 is 5.32 Å². The third kappa shape index (κ3) is 2.28. The van der Waals surface area contributed by atoms with Crippen LogP contribution in [-0.2, 0) is 0 Å². The highest BCUT2D eigenvalue weighted by atomic mass is 15.2. The summed E-state index contributed by atoms with van der Waals surface area (Å²) in [5.74, 6) is 0.647. The van der Waals surface area contributed by atoms with Crippen LogP contribution in [0.3, 0.4) is 0 Å². The van der Waals surface area contributed by atoms with Gasteiger partial charge in [0.1, 0.15) is 0 Å². The highest BCUT2D eigenvalue weighted by Crippen LogP contribution is 2.20. The van der Waals surface area contributed by atoms with E-state index in [1.165, 1.54) is 5.69 Å². The first-order valence-corrected chi connectivity index (χ1v) is 5.34. The first-order valence-electron chi connectivity index (χ1n) is 5.34. The van der Waals surface area contributed by atoms with E-state index in [4.69, 9.17) is 0 Å². The van der Waals surface area contributed by atoms with Crippen molar-refractivity contribution in [2.45, 2.75) is 47.1 Å². The lowest BCUT2D eigenvalue weighted by molar-refractivity contribution is 0.511. The van der Waals surface area contributed by atoms with Gasteiger partial charge in [-0.05, 0) is 26.2 Å². The van der Waals surface area contributed by atoms with Gasteiger partial charge in [-0.1, -0.05) is 20.8 Å². The predicted octanol–water partition coefficient (Wildman–Crippen LogP) is 2.87. The van der Waals surface area contributed by atoms with E-state index in [1.807, 2.05) is 6.92 Å². The fourth-order valence-electron chi connectivity index (χ4n) is 1.69. The Hall–Kier alpha value is -0.990. The van der Waals surface area contributed by atoms with Crippen molar-refractivity contribution in [3.63, 3.8) is 0 Å². The number of aryl methyl sites for hydroxylation is 2. The number of rotatable bonds is 4. The van der Waals surface area contributed by atoms with Gasteiger partial charge in [-0.15, -0.1) is 0 Å². The summed E-state index contributed by atoms with van der Waals surface area (Å²) in [4.78, 5) is 0. The van der Waals surface area contributed by atoms with Gasteiger partial charge in [-0.25, -0.2) is 0 Å². The highest BCUT2D eigenvalue weighted by molar-refractivity contribution is 5.52. The number of hydrogen-bond donors (Lipinski definition) is 2. The number of anilines is 1. The second kappa shape index (κ2) is 4.49. The minimum absolute atomic E-state index is 0.532. The van der Waals surface area contributed by atoms with Gasteiger partial charge in [0.25, 0.3) is 0 Å². The molecule has 0 fully saturated rings. The maximum atomic E-state index is 4.18. The summed E-state index contributed by atoms with van der Waals surface area (Å²) in [6.07, 6.45) is 1.14. The van der Waals surface area contributed by atoms with Crippen molar-refractivity contribution in [3.05, 3.63) is 11.4 Å². The zero-order chi connectivity index (χ0) is 10.7. The van der Waals surface area contributed by atoms with E-state index in [1.54, 1.807) is 0 Å². The van der Waals surface area contributed by atoms with Gasteiger partial charge >= 0.3 is 0 Å². The Labute approximate surface area is 86.3 Å². The average Bonchev–Trinajstić information content (AvgIpc) is 2.43. The first kappa shape index (κ1) is 11.1. The molecule has 0 saturated heterocycles. The Morgan fingerprint density at radius 3 is 2.36 bits per heavy atom. The number of nitrogens with zero attached hydrogens (tertiary/aromatic N) is 1. The summed E-state index contributed by atoms with van der Waals surface area (Å²) in [6, 6.07) is 0.532. The molecular weight excluding hydrogens is 174 g/mol. The Balaban J connectivity index is 2.76. The van der Waals surface area contributed by atoms with Crippen molar-refractivity contribution in [2.24, 2.45) is 5.92 Å². The maximum Gasteiger partial charge on any atom is 0.0825 e. The van der Waals surface area contributed by atoms with E-state index in [0.29, 0.717) is 12.0 Å². The molecule has 80 valence electrons. The first-order chi connectivity index (χ1) is 6.56. The number of nitrogens with one attached hydrogen (secondary N) is 2. The third-order valence-corrected chi connectivity index (χ3v) is 2.70. The lowest BCUT2D eigenvalue weighted by atomic mass is 10.0. The molecule has 1 aromatic rings. The summed E-state index contributed by atoms with van der Waals surface area (Å²) in [7, 11) is 0. The molecule has 0 saturated carbocycles. The van der Waals surface area contributed by atoms with Crippen LogP contribution in [0, 0.1) is 19.8 Å². The Bertz CT molecular complexity index is 269. The summed E-state index contributed by atoms with van der Waals surface area (Å²) < 4.78 is 0. The number of H-pyrrole nitrogens is 1. The highest BCUT2D eigenvalue weighted by Gasteiger charge is 2.14. The zero-order valence-corrected chi connectivity index (χ0v) is 9.81. The Kier molecular flexibility index (Phi) is 3.55. The molecule has 1 heterocycles. The molecule has 3 nitrogen and oxygen atoms in total. The van der Waals surface area contributed by atoms with Gasteiger partial charge in [0, 0.05) is 6.04 Å². The molecule has 1 atom stereocenters. The molecule has 3 heteroatoms. The monoisotopic (exact) mass is 195 g/mol. The molecule has 0 aromatic carbocycles. The van der Waals surface area contributed by atoms with Crippen LogP contribution in [0.15, 0.2) is 0 Å². The van der Waals surface area contributed by atoms with Crippen molar-refractivity contribution in [1.29, 1.82) is 0 Å². The van der Waals surface area contributed by atoms with E-state index in [-0.39, 0.29) is 0 Å². The fraction of sp³-hybridized carbons (Fsp3) is 0.727. The maximum absolute atomic E-state index is 4.18. The van der Waals surface area contributed by atoms with Crippen molar-refractivity contribution in [2.75, 3.05) is 5.32 Å². The summed E-state index contributed by atoms with van der Waals surface area (Å²) in [6.45, 7) is 10.8. The summed E-state index contributed by atoms with van der Waals surface area (Å²) in [5, 5.41) is 10.7. The van der Waals surface area contributed by atoms with Crippen molar-refractivity contribution >= 4 is 5.69 Å². The van der Waals surface area contributed by atoms with Crippen LogP contribution in [0.4, 0.5) is 5.69 Å². The van der Waals surface area contributed by atoms with Crippen LogP contribution >= 0.6 is 0 Å². The Morgan fingerprint density at radius 1 is 1.36 bits per heavy atom. The van der Waals surface area contributed by atoms with Crippen LogP contribution in [0.25, 0.3) is 0 Å². The molecular formula is C11H21N3. The molecule has 0 bridgehead atoms. The topological polar surface area (TPSA) is 40.7 Å². The lowest BCUT2D eigenvalue weighted by Gasteiger charge is -2.22. The van der Waals surface area contributed by atoms with Gasteiger partial charge in [0.05, 0.1) is 17.1 Å². The van der Waals surface area contributed by atoms with Crippen molar-refractivity contribution in [3.8, 4) is 0 Å². The number of aromatic amines is 1. The van der Waals surface area contributed by atoms with E-state index in [0.717, 1.165) is 17.8 Å². The molecule has 0 radical (unpaired) electrons.